The van der Waals surface area contributed by atoms with Crippen molar-refractivity contribution >= 4 is 11.8 Å². The number of fused-ring (bicyclic) bond motifs is 4. The molecule has 150 valence electrons. The number of ether oxygens (including phenoxy) is 1. The smallest absolute Gasteiger partial charge is 0.228 e. The first kappa shape index (κ1) is 19.9. The van der Waals surface area contributed by atoms with Gasteiger partial charge in [0.15, 0.2) is 0 Å². The normalized spacial score (nSPS) is 22.4. The van der Waals surface area contributed by atoms with Crippen molar-refractivity contribution < 1.29 is 18.8 Å². The molecule has 0 saturated carbocycles. The molecule has 7 nitrogen and oxygen atoms in total. The van der Waals surface area contributed by atoms with Crippen LogP contribution in [0.5, 0.6) is 0 Å². The summed E-state index contributed by atoms with van der Waals surface area (Å²) in [5.74, 6) is 1.03. The molecule has 2 bridgehead atoms. The van der Waals surface area contributed by atoms with Crippen LogP contribution in [0.1, 0.15) is 55.5 Å². The number of hydrogen-bond acceptors (Lipinski definition) is 5. The van der Waals surface area contributed by atoms with Crippen molar-refractivity contribution in [2.75, 3.05) is 26.8 Å². The minimum Gasteiger partial charge on any atom is -0.385 e. The van der Waals surface area contributed by atoms with Crippen LogP contribution in [0.25, 0.3) is 0 Å². The third-order valence-corrected chi connectivity index (χ3v) is 5.89. The summed E-state index contributed by atoms with van der Waals surface area (Å²) in [6.07, 6.45) is 5.25. The standard InChI is InChI=1S/C20H31N3O4/c1-14-18(15(2)27-21-14)13-23-17-9-8-16(20(23)25)11-22(12-17)19(24)7-5-4-6-10-26-3/h16-17H,4-13H2,1-3H3. The van der Waals surface area contributed by atoms with Crippen LogP contribution in [0, 0.1) is 19.8 Å². The summed E-state index contributed by atoms with van der Waals surface area (Å²) >= 11 is 0. The first-order chi connectivity index (χ1) is 13.0. The van der Waals surface area contributed by atoms with Crippen molar-refractivity contribution in [3.63, 3.8) is 0 Å². The highest BCUT2D eigenvalue weighted by molar-refractivity contribution is 5.83. The maximum atomic E-state index is 13.0. The Morgan fingerprint density at radius 3 is 2.74 bits per heavy atom. The molecular formula is C20H31N3O4. The molecule has 0 aromatic carbocycles. The van der Waals surface area contributed by atoms with Gasteiger partial charge in [0.05, 0.1) is 18.2 Å². The van der Waals surface area contributed by atoms with E-state index >= 15 is 0 Å². The van der Waals surface area contributed by atoms with Gasteiger partial charge in [0.25, 0.3) is 0 Å². The maximum absolute atomic E-state index is 13.0. The van der Waals surface area contributed by atoms with Crippen molar-refractivity contribution in [2.24, 2.45) is 5.92 Å². The average molecular weight is 377 g/mol. The Morgan fingerprint density at radius 2 is 2.04 bits per heavy atom. The number of unbranched alkanes of at least 4 members (excludes halogenated alkanes) is 2. The van der Waals surface area contributed by atoms with Crippen LogP contribution in [0.3, 0.4) is 0 Å². The Labute approximate surface area is 161 Å². The van der Waals surface area contributed by atoms with Crippen LogP contribution in [0.15, 0.2) is 4.52 Å². The van der Waals surface area contributed by atoms with E-state index in [-0.39, 0.29) is 23.8 Å². The molecule has 2 unspecified atom stereocenters. The number of nitrogens with zero attached hydrogens (tertiary/aromatic N) is 3. The van der Waals surface area contributed by atoms with Crippen LogP contribution in [-0.2, 0) is 20.9 Å². The Kier molecular flexibility index (Phi) is 6.52. The first-order valence-electron chi connectivity index (χ1n) is 10.00. The summed E-state index contributed by atoms with van der Waals surface area (Å²) in [5.41, 5.74) is 1.83. The molecule has 1 aromatic heterocycles. The van der Waals surface area contributed by atoms with E-state index in [1.165, 1.54) is 0 Å². The summed E-state index contributed by atoms with van der Waals surface area (Å²) in [6.45, 7) is 6.27. The summed E-state index contributed by atoms with van der Waals surface area (Å²) < 4.78 is 10.3. The first-order valence-corrected chi connectivity index (χ1v) is 10.00. The highest BCUT2D eigenvalue weighted by Crippen LogP contribution is 2.31. The van der Waals surface area contributed by atoms with Gasteiger partial charge in [-0.15, -0.1) is 0 Å². The molecule has 7 heteroatoms. The minimum absolute atomic E-state index is 0.0818. The largest absolute Gasteiger partial charge is 0.385 e. The van der Waals surface area contributed by atoms with Gasteiger partial charge in [0, 0.05) is 44.8 Å². The SMILES string of the molecule is COCCCCCC(=O)N1CC2CCC(C1)N(Cc1c(C)noc1C)C2=O. The number of carbonyl (C=O) groups excluding carboxylic acids is 2. The van der Waals surface area contributed by atoms with Gasteiger partial charge in [-0.25, -0.2) is 0 Å². The Balaban J connectivity index is 1.62. The second-order valence-electron chi connectivity index (χ2n) is 7.80. The van der Waals surface area contributed by atoms with Gasteiger partial charge in [-0.05, 0) is 39.5 Å². The number of aromatic nitrogens is 1. The molecule has 2 amide bonds. The molecule has 4 rings (SSSR count). The second-order valence-corrected chi connectivity index (χ2v) is 7.80. The number of rotatable bonds is 8. The summed E-state index contributed by atoms with van der Waals surface area (Å²) in [5, 5.41) is 4.00. The number of methoxy groups -OCH3 is 1. The van der Waals surface area contributed by atoms with Crippen LogP contribution < -0.4 is 0 Å². The molecule has 0 aliphatic carbocycles. The zero-order chi connectivity index (χ0) is 19.4. The molecule has 0 radical (unpaired) electrons. The molecule has 27 heavy (non-hydrogen) atoms. The third kappa shape index (κ3) is 4.51. The zero-order valence-corrected chi connectivity index (χ0v) is 16.7. The van der Waals surface area contributed by atoms with E-state index in [9.17, 15) is 9.59 Å². The molecule has 4 heterocycles. The predicted octanol–water partition coefficient (Wildman–Crippen LogP) is 2.45. The number of amides is 2. The van der Waals surface area contributed by atoms with E-state index in [0.717, 1.165) is 55.7 Å². The van der Waals surface area contributed by atoms with Crippen molar-refractivity contribution in [1.82, 2.24) is 15.0 Å². The van der Waals surface area contributed by atoms with Gasteiger partial charge in [0.1, 0.15) is 5.76 Å². The molecule has 1 aromatic rings. The Bertz CT molecular complexity index is 653. The number of hydrogen-bond donors (Lipinski definition) is 0. The third-order valence-electron chi connectivity index (χ3n) is 5.89. The highest BCUT2D eigenvalue weighted by Gasteiger charge is 2.42. The lowest BCUT2D eigenvalue weighted by molar-refractivity contribution is -0.140. The van der Waals surface area contributed by atoms with Gasteiger partial charge in [0.2, 0.25) is 11.8 Å². The number of piperidine rings is 1. The van der Waals surface area contributed by atoms with E-state index in [2.05, 4.69) is 5.16 Å². The molecule has 3 saturated heterocycles. The van der Waals surface area contributed by atoms with Gasteiger partial charge in [-0.3, -0.25) is 9.59 Å². The van der Waals surface area contributed by atoms with Gasteiger partial charge in [-0.2, -0.15) is 0 Å². The Morgan fingerprint density at radius 1 is 1.22 bits per heavy atom. The molecular weight excluding hydrogens is 346 g/mol. The molecule has 2 atom stereocenters. The van der Waals surface area contributed by atoms with Crippen molar-refractivity contribution in [1.29, 1.82) is 0 Å². The lowest BCUT2D eigenvalue weighted by Crippen LogP contribution is -2.47. The van der Waals surface area contributed by atoms with Crippen LogP contribution in [0.4, 0.5) is 0 Å². The minimum atomic E-state index is -0.0818. The van der Waals surface area contributed by atoms with E-state index in [0.29, 0.717) is 26.1 Å². The van der Waals surface area contributed by atoms with Gasteiger partial charge in [-0.1, -0.05) is 11.6 Å². The van der Waals surface area contributed by atoms with Crippen molar-refractivity contribution in [3.8, 4) is 0 Å². The van der Waals surface area contributed by atoms with E-state index in [1.807, 2.05) is 23.6 Å². The second kappa shape index (κ2) is 8.87. The molecule has 3 aliphatic heterocycles. The number of carbonyl (C=O) groups is 2. The topological polar surface area (TPSA) is 75.9 Å². The molecule has 0 spiro atoms. The van der Waals surface area contributed by atoms with Crippen molar-refractivity contribution in [3.05, 3.63) is 17.0 Å². The maximum Gasteiger partial charge on any atom is 0.228 e. The highest BCUT2D eigenvalue weighted by atomic mass is 16.5. The summed E-state index contributed by atoms with van der Waals surface area (Å²) in [4.78, 5) is 29.5. The number of aryl methyl sites for hydroxylation is 2. The summed E-state index contributed by atoms with van der Waals surface area (Å²) in [6, 6.07) is 0.0855. The fraction of sp³-hybridized carbons (Fsp3) is 0.750. The predicted molar refractivity (Wildman–Crippen MR) is 100.0 cm³/mol. The molecule has 0 N–H and O–H groups in total. The van der Waals surface area contributed by atoms with Gasteiger partial charge >= 0.3 is 0 Å². The lowest BCUT2D eigenvalue weighted by atomic mass is 9.93. The fourth-order valence-electron chi connectivity index (χ4n) is 4.21. The van der Waals surface area contributed by atoms with Crippen molar-refractivity contribution in [2.45, 2.75) is 65.0 Å². The lowest BCUT2D eigenvalue weighted by Gasteiger charge is -2.35. The van der Waals surface area contributed by atoms with E-state index < -0.39 is 0 Å². The molecule has 3 aliphatic rings. The Hall–Kier alpha value is -1.89. The van der Waals surface area contributed by atoms with Crippen LogP contribution in [0.2, 0.25) is 0 Å². The average Bonchev–Trinajstić information content (AvgIpc) is 2.82. The molecule has 3 fully saturated rings. The summed E-state index contributed by atoms with van der Waals surface area (Å²) in [7, 11) is 1.70. The quantitative estimate of drug-likeness (QED) is 0.651. The van der Waals surface area contributed by atoms with Crippen LogP contribution >= 0.6 is 0 Å². The fourth-order valence-corrected chi connectivity index (χ4v) is 4.21. The van der Waals surface area contributed by atoms with E-state index in [4.69, 9.17) is 9.26 Å². The van der Waals surface area contributed by atoms with E-state index in [1.54, 1.807) is 7.11 Å². The monoisotopic (exact) mass is 377 g/mol. The van der Waals surface area contributed by atoms with Crippen LogP contribution in [-0.4, -0.2) is 59.6 Å². The zero-order valence-electron chi connectivity index (χ0n) is 16.7. The van der Waals surface area contributed by atoms with Gasteiger partial charge < -0.3 is 19.1 Å².